The van der Waals surface area contributed by atoms with Crippen LogP contribution in [0.15, 0.2) is 35.3 Å². The molecule has 26 heavy (non-hydrogen) atoms. The summed E-state index contributed by atoms with van der Waals surface area (Å²) in [4.78, 5) is 4.38. The van der Waals surface area contributed by atoms with Crippen molar-refractivity contribution in [2.45, 2.75) is 45.1 Å². The average Bonchev–Trinajstić information content (AvgIpc) is 3.15. The van der Waals surface area contributed by atoms with Gasteiger partial charge in [-0.1, -0.05) is 43.2 Å². The van der Waals surface area contributed by atoms with Gasteiger partial charge in [-0.15, -0.1) is 0 Å². The highest BCUT2D eigenvalue weighted by molar-refractivity contribution is 5.79. The molecule has 2 rings (SSSR count). The van der Waals surface area contributed by atoms with Crippen molar-refractivity contribution in [2.75, 3.05) is 40.5 Å². The van der Waals surface area contributed by atoms with E-state index >= 15 is 0 Å². The highest BCUT2D eigenvalue weighted by atomic mass is 16.5. The van der Waals surface area contributed by atoms with E-state index in [9.17, 15) is 0 Å². The predicted molar refractivity (Wildman–Crippen MR) is 108 cm³/mol. The maximum atomic E-state index is 5.63. The minimum absolute atomic E-state index is 0.00754. The van der Waals surface area contributed by atoms with Crippen LogP contribution in [0.3, 0.4) is 0 Å². The zero-order valence-electron chi connectivity index (χ0n) is 16.6. The largest absolute Gasteiger partial charge is 0.382 e. The van der Waals surface area contributed by atoms with Crippen LogP contribution in [-0.2, 0) is 9.47 Å². The van der Waals surface area contributed by atoms with Gasteiger partial charge >= 0.3 is 0 Å². The molecule has 0 spiro atoms. The summed E-state index contributed by atoms with van der Waals surface area (Å²) in [5.41, 5.74) is 1.51. The first-order chi connectivity index (χ1) is 12.7. The number of guanidine groups is 1. The van der Waals surface area contributed by atoms with Crippen LogP contribution in [0.2, 0.25) is 0 Å². The summed E-state index contributed by atoms with van der Waals surface area (Å²) in [7, 11) is 3.57. The van der Waals surface area contributed by atoms with E-state index in [-0.39, 0.29) is 6.10 Å². The Hall–Kier alpha value is -1.59. The fraction of sp³-hybridized carbons (Fsp3) is 0.667. The van der Waals surface area contributed by atoms with Crippen LogP contribution in [0.4, 0.5) is 0 Å². The van der Waals surface area contributed by atoms with Gasteiger partial charge in [-0.3, -0.25) is 4.99 Å². The Morgan fingerprint density at radius 3 is 2.54 bits per heavy atom. The molecule has 1 aromatic carbocycles. The van der Waals surface area contributed by atoms with Crippen LogP contribution in [0.25, 0.3) is 0 Å². The number of benzene rings is 1. The molecule has 1 saturated carbocycles. The van der Waals surface area contributed by atoms with Crippen molar-refractivity contribution >= 4 is 5.96 Å². The Morgan fingerprint density at radius 2 is 1.92 bits per heavy atom. The second-order valence-electron chi connectivity index (χ2n) is 7.10. The van der Waals surface area contributed by atoms with Crippen molar-refractivity contribution < 1.29 is 9.47 Å². The number of hydrogen-bond acceptors (Lipinski definition) is 3. The number of rotatable bonds is 10. The van der Waals surface area contributed by atoms with E-state index in [1.54, 1.807) is 7.11 Å². The standard InChI is InChI=1S/C21H35N3O2/c1-4-26-15-14-21(12-8-9-13-21)17-24-20(22-2)23-16-19(25-3)18-10-6-5-7-11-18/h5-7,10-11,19H,4,8-9,12-17H2,1-3H3,(H2,22,23,24). The summed E-state index contributed by atoms with van der Waals surface area (Å²) < 4.78 is 11.2. The molecular formula is C21H35N3O2. The third-order valence-electron chi connectivity index (χ3n) is 5.41. The Bertz CT molecular complexity index is 527. The maximum absolute atomic E-state index is 5.63. The summed E-state index contributed by atoms with van der Waals surface area (Å²) in [6.07, 6.45) is 6.31. The highest BCUT2D eigenvalue weighted by Crippen LogP contribution is 2.40. The lowest BCUT2D eigenvalue weighted by Gasteiger charge is -2.30. The van der Waals surface area contributed by atoms with Crippen LogP contribution >= 0.6 is 0 Å². The summed E-state index contributed by atoms with van der Waals surface area (Å²) in [5, 5.41) is 6.95. The SMILES string of the molecule is CCOCCC1(CNC(=NC)NCC(OC)c2ccccc2)CCCC1. The molecule has 1 unspecified atom stereocenters. The van der Waals surface area contributed by atoms with Gasteiger partial charge in [-0.05, 0) is 37.2 Å². The smallest absolute Gasteiger partial charge is 0.191 e. The number of nitrogens with zero attached hydrogens (tertiary/aromatic N) is 1. The topological polar surface area (TPSA) is 54.9 Å². The van der Waals surface area contributed by atoms with Gasteiger partial charge in [-0.25, -0.2) is 0 Å². The fourth-order valence-corrected chi connectivity index (χ4v) is 3.76. The van der Waals surface area contributed by atoms with Gasteiger partial charge < -0.3 is 20.1 Å². The first kappa shape index (κ1) is 20.7. The zero-order valence-corrected chi connectivity index (χ0v) is 16.6. The van der Waals surface area contributed by atoms with Crippen LogP contribution in [0.1, 0.15) is 50.7 Å². The molecule has 0 radical (unpaired) electrons. The van der Waals surface area contributed by atoms with Crippen LogP contribution < -0.4 is 10.6 Å². The first-order valence-electron chi connectivity index (χ1n) is 9.83. The van der Waals surface area contributed by atoms with Crippen molar-refractivity contribution in [3.8, 4) is 0 Å². The number of ether oxygens (including phenoxy) is 2. The summed E-state index contributed by atoms with van der Waals surface area (Å²) >= 11 is 0. The molecule has 2 N–H and O–H groups in total. The minimum Gasteiger partial charge on any atom is -0.382 e. The van der Waals surface area contributed by atoms with Crippen molar-refractivity contribution in [1.29, 1.82) is 0 Å². The van der Waals surface area contributed by atoms with Gasteiger partial charge in [0.1, 0.15) is 0 Å². The van der Waals surface area contributed by atoms with Gasteiger partial charge in [-0.2, -0.15) is 0 Å². The zero-order chi connectivity index (χ0) is 18.7. The lowest BCUT2D eigenvalue weighted by molar-refractivity contribution is 0.103. The number of aliphatic imine (C=N–C) groups is 1. The lowest BCUT2D eigenvalue weighted by Crippen LogP contribution is -2.44. The van der Waals surface area contributed by atoms with Gasteiger partial charge in [0, 0.05) is 40.5 Å². The molecule has 146 valence electrons. The molecule has 0 heterocycles. The molecule has 0 aromatic heterocycles. The van der Waals surface area contributed by atoms with E-state index in [1.807, 2.05) is 25.2 Å². The van der Waals surface area contributed by atoms with Gasteiger partial charge in [0.2, 0.25) is 0 Å². The van der Waals surface area contributed by atoms with Gasteiger partial charge in [0.05, 0.1) is 6.10 Å². The number of nitrogens with one attached hydrogen (secondary N) is 2. The normalized spacial score (nSPS) is 17.9. The summed E-state index contributed by atoms with van der Waals surface area (Å²) in [6.45, 7) is 5.34. The molecule has 1 fully saturated rings. The van der Waals surface area contributed by atoms with E-state index in [0.29, 0.717) is 12.0 Å². The molecule has 0 amide bonds. The van der Waals surface area contributed by atoms with Crippen molar-refractivity contribution in [3.05, 3.63) is 35.9 Å². The second-order valence-corrected chi connectivity index (χ2v) is 7.10. The highest BCUT2D eigenvalue weighted by Gasteiger charge is 2.33. The van der Waals surface area contributed by atoms with Crippen LogP contribution in [0.5, 0.6) is 0 Å². The van der Waals surface area contributed by atoms with E-state index in [0.717, 1.165) is 32.1 Å². The van der Waals surface area contributed by atoms with Crippen LogP contribution in [0, 0.1) is 5.41 Å². The Labute approximate surface area is 158 Å². The monoisotopic (exact) mass is 361 g/mol. The number of hydrogen-bond donors (Lipinski definition) is 2. The summed E-state index contributed by atoms with van der Waals surface area (Å²) in [5.74, 6) is 0.839. The van der Waals surface area contributed by atoms with Crippen LogP contribution in [-0.4, -0.2) is 46.4 Å². The quantitative estimate of drug-likeness (QED) is 0.380. The summed E-state index contributed by atoms with van der Waals surface area (Å²) in [6, 6.07) is 10.3. The Kier molecular flexibility index (Phi) is 8.92. The Balaban J connectivity index is 1.84. The molecule has 0 aliphatic heterocycles. The number of methoxy groups -OCH3 is 1. The fourth-order valence-electron chi connectivity index (χ4n) is 3.76. The third kappa shape index (κ3) is 6.29. The Morgan fingerprint density at radius 1 is 1.19 bits per heavy atom. The molecule has 0 saturated heterocycles. The van der Waals surface area contributed by atoms with Crippen molar-refractivity contribution in [1.82, 2.24) is 10.6 Å². The lowest BCUT2D eigenvalue weighted by atomic mass is 9.83. The van der Waals surface area contributed by atoms with Crippen molar-refractivity contribution in [3.63, 3.8) is 0 Å². The molecule has 1 aliphatic rings. The molecular weight excluding hydrogens is 326 g/mol. The molecule has 1 aliphatic carbocycles. The van der Waals surface area contributed by atoms with E-state index in [4.69, 9.17) is 9.47 Å². The van der Waals surface area contributed by atoms with Gasteiger partial charge in [0.25, 0.3) is 0 Å². The second kappa shape index (κ2) is 11.2. The molecule has 1 aromatic rings. The minimum atomic E-state index is 0.00754. The van der Waals surface area contributed by atoms with Gasteiger partial charge in [0.15, 0.2) is 5.96 Å². The van der Waals surface area contributed by atoms with E-state index in [2.05, 4.69) is 34.7 Å². The molecule has 5 nitrogen and oxygen atoms in total. The maximum Gasteiger partial charge on any atom is 0.191 e. The van der Waals surface area contributed by atoms with Crippen molar-refractivity contribution in [2.24, 2.45) is 10.4 Å². The molecule has 0 bridgehead atoms. The van der Waals surface area contributed by atoms with E-state index in [1.165, 1.54) is 31.2 Å². The van der Waals surface area contributed by atoms with E-state index < -0.39 is 0 Å². The molecule has 1 atom stereocenters. The third-order valence-corrected chi connectivity index (χ3v) is 5.41. The molecule has 5 heteroatoms. The average molecular weight is 362 g/mol. The predicted octanol–water partition coefficient (Wildman–Crippen LogP) is 3.53. The first-order valence-corrected chi connectivity index (χ1v) is 9.83.